The Kier molecular flexibility index (Phi) is 5.19. The second-order valence-corrected chi connectivity index (χ2v) is 14.6. The molecule has 0 aromatic heterocycles. The molecule has 4 aliphatic carbocycles. The SMILES string of the molecule is C=C(CCC1OC1(C)C)[C@H]1CCC2(C)C1CCC1[C@@]3(C)CC[C@H](O)C(C)(C)C3CC[C@]12C. The molecule has 5 aliphatic rings. The summed E-state index contributed by atoms with van der Waals surface area (Å²) in [6.45, 7) is 21.8. The van der Waals surface area contributed by atoms with Gasteiger partial charge in [0.15, 0.2) is 0 Å². The van der Waals surface area contributed by atoms with E-state index in [4.69, 9.17) is 4.74 Å². The Balaban J connectivity index is 1.36. The average molecular weight is 443 g/mol. The highest BCUT2D eigenvalue weighted by Crippen LogP contribution is 2.75. The van der Waals surface area contributed by atoms with Crippen molar-refractivity contribution in [2.24, 2.45) is 45.3 Å². The lowest BCUT2D eigenvalue weighted by Gasteiger charge is -2.69. The van der Waals surface area contributed by atoms with E-state index in [2.05, 4.69) is 55.0 Å². The minimum absolute atomic E-state index is 0.0528. The van der Waals surface area contributed by atoms with Crippen LogP contribution in [-0.4, -0.2) is 22.9 Å². The lowest BCUT2D eigenvalue weighted by Crippen LogP contribution is -2.63. The van der Waals surface area contributed by atoms with Gasteiger partial charge in [0.05, 0.1) is 17.8 Å². The molecule has 182 valence electrons. The van der Waals surface area contributed by atoms with E-state index in [9.17, 15) is 5.11 Å². The summed E-state index contributed by atoms with van der Waals surface area (Å²) >= 11 is 0. The maximum absolute atomic E-state index is 10.9. The van der Waals surface area contributed by atoms with Crippen LogP contribution >= 0.6 is 0 Å². The van der Waals surface area contributed by atoms with Gasteiger partial charge in [-0.2, -0.15) is 0 Å². The minimum Gasteiger partial charge on any atom is -0.393 e. The molecule has 2 heteroatoms. The largest absolute Gasteiger partial charge is 0.393 e. The highest BCUT2D eigenvalue weighted by atomic mass is 16.6. The fourth-order valence-corrected chi connectivity index (χ4v) is 10.5. The van der Waals surface area contributed by atoms with Gasteiger partial charge in [0.2, 0.25) is 0 Å². The number of hydrogen-bond acceptors (Lipinski definition) is 2. The summed E-state index contributed by atoms with van der Waals surface area (Å²) in [5.41, 5.74) is 2.92. The first-order chi connectivity index (χ1) is 14.8. The van der Waals surface area contributed by atoms with Gasteiger partial charge in [0.1, 0.15) is 0 Å². The van der Waals surface area contributed by atoms with Crippen molar-refractivity contribution in [2.45, 2.75) is 130 Å². The number of fused-ring (bicyclic) bond motifs is 5. The molecule has 0 radical (unpaired) electrons. The number of hydrogen-bond donors (Lipinski definition) is 1. The quantitative estimate of drug-likeness (QED) is 0.360. The van der Waals surface area contributed by atoms with Crippen LogP contribution in [0.15, 0.2) is 12.2 Å². The number of rotatable bonds is 4. The number of aliphatic hydroxyl groups excluding tert-OH is 1. The molecule has 0 bridgehead atoms. The van der Waals surface area contributed by atoms with E-state index in [-0.39, 0.29) is 17.1 Å². The summed E-state index contributed by atoms with van der Waals surface area (Å²) in [5, 5.41) is 10.9. The molecule has 0 spiro atoms. The summed E-state index contributed by atoms with van der Waals surface area (Å²) in [4.78, 5) is 0. The van der Waals surface area contributed by atoms with Gasteiger partial charge >= 0.3 is 0 Å². The van der Waals surface area contributed by atoms with E-state index in [1.54, 1.807) is 0 Å². The smallest absolute Gasteiger partial charge is 0.0892 e. The molecule has 1 saturated heterocycles. The third-order valence-electron chi connectivity index (χ3n) is 12.8. The Bertz CT molecular complexity index is 782. The van der Waals surface area contributed by atoms with Crippen molar-refractivity contribution in [2.75, 3.05) is 0 Å². The Labute approximate surface area is 198 Å². The van der Waals surface area contributed by atoms with Crippen LogP contribution in [0.5, 0.6) is 0 Å². The van der Waals surface area contributed by atoms with Crippen LogP contribution in [-0.2, 0) is 4.74 Å². The van der Waals surface area contributed by atoms with E-state index in [0.717, 1.165) is 37.0 Å². The second-order valence-electron chi connectivity index (χ2n) is 14.6. The summed E-state index contributed by atoms with van der Waals surface area (Å²) in [6, 6.07) is 0. The zero-order valence-electron chi connectivity index (χ0n) is 22.1. The van der Waals surface area contributed by atoms with Crippen molar-refractivity contribution >= 4 is 0 Å². The highest BCUT2D eigenvalue weighted by molar-refractivity contribution is 5.20. The molecule has 2 nitrogen and oxygen atoms in total. The summed E-state index contributed by atoms with van der Waals surface area (Å²) in [7, 11) is 0. The first-order valence-electron chi connectivity index (χ1n) is 13.8. The normalized spacial score (nSPS) is 53.1. The molecule has 32 heavy (non-hydrogen) atoms. The van der Waals surface area contributed by atoms with Gasteiger partial charge in [-0.3, -0.25) is 0 Å². The van der Waals surface area contributed by atoms with E-state index >= 15 is 0 Å². The van der Waals surface area contributed by atoms with E-state index in [1.165, 1.54) is 50.5 Å². The van der Waals surface area contributed by atoms with Gasteiger partial charge < -0.3 is 9.84 Å². The number of aliphatic hydroxyl groups is 1. The monoisotopic (exact) mass is 442 g/mol. The van der Waals surface area contributed by atoms with Crippen LogP contribution in [0.2, 0.25) is 0 Å². The fraction of sp³-hybridized carbons (Fsp3) is 0.933. The van der Waals surface area contributed by atoms with E-state index in [0.29, 0.717) is 28.3 Å². The van der Waals surface area contributed by atoms with Crippen LogP contribution in [0.3, 0.4) is 0 Å². The van der Waals surface area contributed by atoms with Gasteiger partial charge in [0.25, 0.3) is 0 Å². The summed E-state index contributed by atoms with van der Waals surface area (Å²) in [6.07, 6.45) is 13.0. The van der Waals surface area contributed by atoms with Crippen LogP contribution < -0.4 is 0 Å². The van der Waals surface area contributed by atoms with Gasteiger partial charge in [-0.15, -0.1) is 0 Å². The third kappa shape index (κ3) is 3.03. The lowest BCUT2D eigenvalue weighted by molar-refractivity contribution is -0.220. The highest BCUT2D eigenvalue weighted by Gasteiger charge is 2.68. The molecule has 5 unspecified atom stereocenters. The predicted octanol–water partition coefficient (Wildman–Crippen LogP) is 7.55. The zero-order valence-corrected chi connectivity index (χ0v) is 22.1. The molecule has 4 saturated carbocycles. The molecule has 1 heterocycles. The number of epoxide rings is 1. The number of ether oxygens (including phenoxy) is 1. The maximum Gasteiger partial charge on any atom is 0.0892 e. The molecule has 0 aromatic rings. The molecule has 0 aromatic carbocycles. The van der Waals surface area contributed by atoms with Crippen LogP contribution in [0.25, 0.3) is 0 Å². The standard InChI is InChI=1S/C30H50O2/c1-19(9-12-25-27(4,5)32-25)20-13-17-29(7)21(20)10-11-23-28(6)16-15-24(31)26(2,3)22(28)14-18-30(23,29)8/h20-25,31H,1,9-18H2,2-8H3/t20-,21?,22?,23?,24+,25?,28+,29?,30-/m1/s1. The van der Waals surface area contributed by atoms with Crippen molar-refractivity contribution in [1.29, 1.82) is 0 Å². The predicted molar refractivity (Wildman–Crippen MR) is 132 cm³/mol. The first kappa shape index (κ1) is 23.4. The molecular weight excluding hydrogens is 392 g/mol. The molecule has 1 N–H and O–H groups in total. The molecule has 5 rings (SSSR count). The van der Waals surface area contributed by atoms with Gasteiger partial charge in [-0.25, -0.2) is 0 Å². The van der Waals surface area contributed by atoms with Crippen LogP contribution in [0.4, 0.5) is 0 Å². The van der Waals surface area contributed by atoms with Crippen molar-refractivity contribution in [1.82, 2.24) is 0 Å². The van der Waals surface area contributed by atoms with Crippen LogP contribution in [0.1, 0.15) is 113 Å². The van der Waals surface area contributed by atoms with Crippen molar-refractivity contribution < 1.29 is 9.84 Å². The molecule has 9 atom stereocenters. The molecule has 0 amide bonds. The maximum atomic E-state index is 10.9. The Morgan fingerprint density at radius 2 is 1.50 bits per heavy atom. The van der Waals surface area contributed by atoms with Gasteiger partial charge in [-0.1, -0.05) is 46.8 Å². The van der Waals surface area contributed by atoms with E-state index in [1.807, 2.05) is 0 Å². The lowest BCUT2D eigenvalue weighted by atomic mass is 9.35. The third-order valence-corrected chi connectivity index (χ3v) is 12.8. The Morgan fingerprint density at radius 3 is 2.16 bits per heavy atom. The van der Waals surface area contributed by atoms with Gasteiger partial charge in [-0.05, 0) is 123 Å². The topological polar surface area (TPSA) is 32.8 Å². The summed E-state index contributed by atoms with van der Waals surface area (Å²) < 4.78 is 5.86. The van der Waals surface area contributed by atoms with Gasteiger partial charge in [0, 0.05) is 0 Å². The van der Waals surface area contributed by atoms with Crippen molar-refractivity contribution in [3.63, 3.8) is 0 Å². The molecule has 1 aliphatic heterocycles. The second kappa shape index (κ2) is 7.09. The molecular formula is C30H50O2. The Morgan fingerprint density at radius 1 is 0.844 bits per heavy atom. The van der Waals surface area contributed by atoms with E-state index < -0.39 is 0 Å². The summed E-state index contributed by atoms with van der Waals surface area (Å²) in [5.74, 6) is 2.99. The van der Waals surface area contributed by atoms with Crippen molar-refractivity contribution in [3.05, 3.63) is 12.2 Å². The minimum atomic E-state index is -0.128. The molecule has 5 fully saturated rings. The number of allylic oxidation sites excluding steroid dienone is 1. The van der Waals surface area contributed by atoms with Crippen LogP contribution in [0, 0.1) is 45.3 Å². The zero-order chi connectivity index (χ0) is 23.3. The fourth-order valence-electron chi connectivity index (χ4n) is 10.5. The van der Waals surface area contributed by atoms with Crippen molar-refractivity contribution in [3.8, 4) is 0 Å². The first-order valence-corrected chi connectivity index (χ1v) is 13.8. The Hall–Kier alpha value is -0.340. The average Bonchev–Trinajstić information content (AvgIpc) is 3.15.